The Hall–Kier alpha value is 0.870. The third-order valence-corrected chi connectivity index (χ3v) is 4.77. The van der Waals surface area contributed by atoms with Crippen molar-refractivity contribution in [1.29, 1.82) is 0 Å². The van der Waals surface area contributed by atoms with Crippen molar-refractivity contribution in [2.45, 2.75) is 64.8 Å². The van der Waals surface area contributed by atoms with Crippen LogP contribution < -0.4 is 34.9 Å². The van der Waals surface area contributed by atoms with Gasteiger partial charge in [-0.15, -0.1) is 0 Å². The van der Waals surface area contributed by atoms with Gasteiger partial charge in [-0.05, 0) is 37.6 Å². The first-order valence-electron chi connectivity index (χ1n) is 7.54. The van der Waals surface area contributed by atoms with Gasteiger partial charge in [-0.2, -0.15) is 0 Å². The molecule has 1 atom stereocenters. The predicted molar refractivity (Wildman–Crippen MR) is 77.0 cm³/mol. The van der Waals surface area contributed by atoms with Crippen LogP contribution in [-0.2, 0) is 10.1 Å². The standard InChI is InChI=1S/C14H29NO3S.Na/c1-12(2)8-9-13(11-19(16,17)18)10-15-14-6-4-3-5-7-14;/h12-15H,3-11H2,1-2H3,(H,16,17,18);/q;+1/p-1. The average Bonchev–Trinajstić information content (AvgIpc) is 2.32. The van der Waals surface area contributed by atoms with Crippen LogP contribution in [-0.4, -0.2) is 31.3 Å². The Morgan fingerprint density at radius 2 is 1.75 bits per heavy atom. The second-order valence-electron chi connectivity index (χ2n) is 6.30. The van der Waals surface area contributed by atoms with Crippen LogP contribution in [0.15, 0.2) is 0 Å². The third kappa shape index (κ3) is 10.6. The molecule has 1 saturated carbocycles. The fourth-order valence-electron chi connectivity index (χ4n) is 2.74. The van der Waals surface area contributed by atoms with E-state index in [1.807, 2.05) is 0 Å². The molecule has 0 heterocycles. The smallest absolute Gasteiger partial charge is 0.748 e. The molecule has 114 valence electrons. The normalized spacial score (nSPS) is 18.8. The molecule has 1 aliphatic carbocycles. The van der Waals surface area contributed by atoms with Crippen LogP contribution in [0.1, 0.15) is 58.8 Å². The molecule has 0 radical (unpaired) electrons. The molecule has 1 N–H and O–H groups in total. The fraction of sp³-hybridized carbons (Fsp3) is 1.00. The van der Waals surface area contributed by atoms with E-state index in [4.69, 9.17) is 0 Å². The van der Waals surface area contributed by atoms with E-state index in [1.165, 1.54) is 32.1 Å². The maximum absolute atomic E-state index is 11.0. The van der Waals surface area contributed by atoms with Crippen molar-refractivity contribution < 1.29 is 42.5 Å². The quantitative estimate of drug-likeness (QED) is 0.485. The van der Waals surface area contributed by atoms with Gasteiger partial charge in [0, 0.05) is 11.8 Å². The minimum atomic E-state index is -4.11. The summed E-state index contributed by atoms with van der Waals surface area (Å²) in [5, 5.41) is 3.46. The van der Waals surface area contributed by atoms with Crippen molar-refractivity contribution in [2.75, 3.05) is 12.3 Å². The van der Waals surface area contributed by atoms with Crippen molar-refractivity contribution in [2.24, 2.45) is 11.8 Å². The van der Waals surface area contributed by atoms with E-state index in [-0.39, 0.29) is 41.2 Å². The largest absolute Gasteiger partial charge is 1.00 e. The topological polar surface area (TPSA) is 69.2 Å². The molecule has 0 aromatic carbocycles. The van der Waals surface area contributed by atoms with Crippen molar-refractivity contribution in [3.63, 3.8) is 0 Å². The second-order valence-corrected chi connectivity index (χ2v) is 7.75. The van der Waals surface area contributed by atoms with E-state index in [2.05, 4.69) is 19.2 Å². The van der Waals surface area contributed by atoms with Crippen LogP contribution >= 0.6 is 0 Å². The van der Waals surface area contributed by atoms with Crippen LogP contribution in [0.2, 0.25) is 0 Å². The number of hydrogen-bond donors (Lipinski definition) is 1. The molecular formula is C14H28NNaO3S. The fourth-order valence-corrected chi connectivity index (χ4v) is 3.60. The summed E-state index contributed by atoms with van der Waals surface area (Å²) in [7, 11) is -4.11. The maximum atomic E-state index is 11.0. The van der Waals surface area contributed by atoms with Crippen LogP contribution in [0.3, 0.4) is 0 Å². The van der Waals surface area contributed by atoms with E-state index in [1.54, 1.807) is 0 Å². The van der Waals surface area contributed by atoms with E-state index >= 15 is 0 Å². The Morgan fingerprint density at radius 1 is 1.15 bits per heavy atom. The SMILES string of the molecule is CC(C)CCC(CNC1CCCCC1)CS(=O)(=O)[O-].[Na+]. The Kier molecular flexibility index (Phi) is 11.0. The third-order valence-electron chi connectivity index (χ3n) is 3.89. The molecule has 1 aliphatic rings. The summed E-state index contributed by atoms with van der Waals surface area (Å²) < 4.78 is 32.9. The molecule has 1 fully saturated rings. The summed E-state index contributed by atoms with van der Waals surface area (Å²) in [5.74, 6) is 0.290. The molecule has 0 spiro atoms. The van der Waals surface area contributed by atoms with Gasteiger partial charge < -0.3 is 9.87 Å². The summed E-state index contributed by atoms with van der Waals surface area (Å²) in [6.45, 7) is 4.91. The molecule has 0 bridgehead atoms. The van der Waals surface area contributed by atoms with Gasteiger partial charge in [0.15, 0.2) is 0 Å². The summed E-state index contributed by atoms with van der Waals surface area (Å²) in [6, 6.07) is 0.518. The molecule has 4 nitrogen and oxygen atoms in total. The van der Waals surface area contributed by atoms with Gasteiger partial charge in [0.2, 0.25) is 0 Å². The second kappa shape index (κ2) is 10.6. The van der Waals surface area contributed by atoms with Gasteiger partial charge in [0.05, 0.1) is 10.1 Å². The van der Waals surface area contributed by atoms with E-state index in [0.717, 1.165) is 12.8 Å². The molecule has 0 amide bonds. The van der Waals surface area contributed by atoms with Crippen LogP contribution in [0, 0.1) is 11.8 Å². The Morgan fingerprint density at radius 3 is 2.25 bits per heavy atom. The van der Waals surface area contributed by atoms with E-state index < -0.39 is 10.1 Å². The van der Waals surface area contributed by atoms with Gasteiger partial charge in [0.1, 0.15) is 0 Å². The van der Waals surface area contributed by atoms with E-state index in [9.17, 15) is 13.0 Å². The van der Waals surface area contributed by atoms with Crippen LogP contribution in [0.25, 0.3) is 0 Å². The van der Waals surface area contributed by atoms with Crippen molar-refractivity contribution in [3.05, 3.63) is 0 Å². The van der Waals surface area contributed by atoms with Gasteiger partial charge in [0.25, 0.3) is 0 Å². The van der Waals surface area contributed by atoms with Crippen LogP contribution in [0.5, 0.6) is 0 Å². The first-order valence-corrected chi connectivity index (χ1v) is 9.11. The number of hydrogen-bond acceptors (Lipinski definition) is 4. The zero-order valence-electron chi connectivity index (χ0n) is 13.2. The molecular weight excluding hydrogens is 285 g/mol. The molecule has 6 heteroatoms. The first-order chi connectivity index (χ1) is 8.87. The van der Waals surface area contributed by atoms with Gasteiger partial charge in [-0.1, -0.05) is 39.5 Å². The van der Waals surface area contributed by atoms with Gasteiger partial charge >= 0.3 is 29.6 Å². The Bertz CT molecular complexity index is 340. The summed E-state index contributed by atoms with van der Waals surface area (Å²) in [4.78, 5) is 0. The zero-order valence-corrected chi connectivity index (χ0v) is 16.0. The Balaban J connectivity index is 0.00000361. The maximum Gasteiger partial charge on any atom is 1.00 e. The summed E-state index contributed by atoms with van der Waals surface area (Å²) in [6.07, 6.45) is 7.99. The van der Waals surface area contributed by atoms with Crippen molar-refractivity contribution in [1.82, 2.24) is 5.32 Å². The zero-order chi connectivity index (χ0) is 14.3. The minimum Gasteiger partial charge on any atom is -0.748 e. The van der Waals surface area contributed by atoms with Gasteiger partial charge in [-0.25, -0.2) is 8.42 Å². The summed E-state index contributed by atoms with van der Waals surface area (Å²) in [5.41, 5.74) is 0. The number of nitrogens with one attached hydrogen (secondary N) is 1. The Labute approximate surface area is 146 Å². The molecule has 0 aromatic rings. The predicted octanol–water partition coefficient (Wildman–Crippen LogP) is -0.490. The number of rotatable bonds is 8. The molecule has 0 saturated heterocycles. The van der Waals surface area contributed by atoms with Crippen LogP contribution in [0.4, 0.5) is 0 Å². The van der Waals surface area contributed by atoms with Crippen molar-refractivity contribution >= 4 is 10.1 Å². The van der Waals surface area contributed by atoms with E-state index in [0.29, 0.717) is 18.5 Å². The van der Waals surface area contributed by atoms with Gasteiger partial charge in [-0.3, -0.25) is 0 Å². The minimum absolute atomic E-state index is 0. The first kappa shape index (κ1) is 20.9. The molecule has 20 heavy (non-hydrogen) atoms. The molecule has 1 unspecified atom stereocenters. The molecule has 0 aliphatic heterocycles. The van der Waals surface area contributed by atoms with Crippen molar-refractivity contribution in [3.8, 4) is 0 Å². The summed E-state index contributed by atoms with van der Waals surface area (Å²) >= 11 is 0. The average molecular weight is 313 g/mol. The molecule has 1 rings (SSSR count). The molecule has 0 aromatic heterocycles. The monoisotopic (exact) mass is 313 g/mol.